The largest absolute Gasteiger partial charge is 0.324 e. The van der Waals surface area contributed by atoms with Crippen LogP contribution in [0, 0.1) is 0 Å². The highest BCUT2D eigenvalue weighted by molar-refractivity contribution is 5.98. The van der Waals surface area contributed by atoms with Gasteiger partial charge in [-0.3, -0.25) is 4.79 Å². The third kappa shape index (κ3) is 3.48. The predicted octanol–water partition coefficient (Wildman–Crippen LogP) is 3.14. The molecule has 106 valence electrons. The second kappa shape index (κ2) is 6.92. The average molecular weight is 283 g/mol. The van der Waals surface area contributed by atoms with Crippen LogP contribution in [0.2, 0.25) is 0 Å². The Labute approximate surface area is 121 Å². The van der Waals surface area contributed by atoms with Gasteiger partial charge in [0.15, 0.2) is 0 Å². The number of halogens is 1. The van der Waals surface area contributed by atoms with E-state index < -0.39 is 0 Å². The molecule has 2 rings (SSSR count). The van der Waals surface area contributed by atoms with Crippen molar-refractivity contribution in [2.24, 2.45) is 0 Å². The van der Waals surface area contributed by atoms with Crippen molar-refractivity contribution >= 4 is 24.0 Å². The van der Waals surface area contributed by atoms with Gasteiger partial charge in [0, 0.05) is 5.69 Å². The second-order valence-electron chi connectivity index (χ2n) is 4.97. The monoisotopic (exact) mass is 282 g/mol. The molecule has 1 aromatic carbocycles. The summed E-state index contributed by atoms with van der Waals surface area (Å²) < 4.78 is 0. The number of rotatable bonds is 4. The first kappa shape index (κ1) is 16.0. The summed E-state index contributed by atoms with van der Waals surface area (Å²) in [6.07, 6.45) is 3.87. The molecule has 0 saturated carbocycles. The number of hydrogen-bond acceptors (Lipinski definition) is 2. The fourth-order valence-electron chi connectivity index (χ4n) is 2.54. The molecule has 0 radical (unpaired) electrons. The van der Waals surface area contributed by atoms with Crippen LogP contribution in [0.3, 0.4) is 0 Å². The minimum atomic E-state index is -0.358. The summed E-state index contributed by atoms with van der Waals surface area (Å²) >= 11 is 0. The van der Waals surface area contributed by atoms with E-state index in [-0.39, 0.29) is 23.9 Å². The molecule has 1 aliphatic rings. The zero-order chi connectivity index (χ0) is 13.0. The highest BCUT2D eigenvalue weighted by atomic mass is 35.5. The molecule has 1 heterocycles. The lowest BCUT2D eigenvalue weighted by Crippen LogP contribution is -2.50. The normalized spacial score (nSPS) is 21.8. The minimum absolute atomic E-state index is 0. The number of carbonyl (C=O) groups excluding carboxylic acids is 1. The van der Waals surface area contributed by atoms with Crippen molar-refractivity contribution in [2.75, 3.05) is 11.9 Å². The van der Waals surface area contributed by atoms with E-state index in [0.29, 0.717) is 0 Å². The van der Waals surface area contributed by atoms with Crippen molar-refractivity contribution in [1.82, 2.24) is 5.32 Å². The fraction of sp³-hybridized carbons (Fsp3) is 0.533. The SMILES string of the molecule is CCc1ccc(NC(=O)C2(CC)CCCN2)cc1.Cl. The highest BCUT2D eigenvalue weighted by Gasteiger charge is 2.38. The first-order valence-corrected chi connectivity index (χ1v) is 6.85. The van der Waals surface area contributed by atoms with E-state index in [2.05, 4.69) is 36.6 Å². The second-order valence-corrected chi connectivity index (χ2v) is 4.97. The first-order chi connectivity index (χ1) is 8.70. The van der Waals surface area contributed by atoms with E-state index in [1.165, 1.54) is 5.56 Å². The smallest absolute Gasteiger partial charge is 0.244 e. The lowest BCUT2D eigenvalue weighted by Gasteiger charge is -2.26. The Morgan fingerprint density at radius 2 is 2.00 bits per heavy atom. The van der Waals surface area contributed by atoms with Gasteiger partial charge in [-0.1, -0.05) is 26.0 Å². The van der Waals surface area contributed by atoms with Crippen LogP contribution < -0.4 is 10.6 Å². The van der Waals surface area contributed by atoms with Crippen LogP contribution >= 0.6 is 12.4 Å². The standard InChI is InChI=1S/C15H22N2O.ClH/c1-3-12-6-8-13(9-7-12)17-14(18)15(4-2)10-5-11-16-15;/h6-9,16H,3-5,10-11H2,1-2H3,(H,17,18);1H. The Kier molecular flexibility index (Phi) is 5.83. The molecule has 4 heteroatoms. The number of aryl methyl sites for hydroxylation is 1. The molecule has 0 spiro atoms. The zero-order valence-electron chi connectivity index (χ0n) is 11.7. The van der Waals surface area contributed by atoms with Gasteiger partial charge in [0.1, 0.15) is 0 Å². The van der Waals surface area contributed by atoms with Crippen molar-refractivity contribution < 1.29 is 4.79 Å². The molecule has 1 aromatic rings. The van der Waals surface area contributed by atoms with E-state index in [4.69, 9.17) is 0 Å². The molecule has 0 bridgehead atoms. The number of nitrogens with one attached hydrogen (secondary N) is 2. The van der Waals surface area contributed by atoms with E-state index in [9.17, 15) is 4.79 Å². The number of amides is 1. The van der Waals surface area contributed by atoms with Gasteiger partial charge in [-0.2, -0.15) is 0 Å². The summed E-state index contributed by atoms with van der Waals surface area (Å²) in [5.41, 5.74) is 1.82. The lowest BCUT2D eigenvalue weighted by atomic mass is 9.93. The molecule has 0 aliphatic carbocycles. The molecular formula is C15H23ClN2O. The van der Waals surface area contributed by atoms with Crippen molar-refractivity contribution in [3.63, 3.8) is 0 Å². The maximum atomic E-state index is 12.3. The van der Waals surface area contributed by atoms with Crippen LogP contribution in [0.4, 0.5) is 5.69 Å². The molecule has 1 atom stereocenters. The van der Waals surface area contributed by atoms with Crippen molar-refractivity contribution in [2.45, 2.75) is 45.1 Å². The Bertz CT molecular complexity index is 411. The van der Waals surface area contributed by atoms with Crippen molar-refractivity contribution in [3.8, 4) is 0 Å². The third-order valence-electron chi connectivity index (χ3n) is 3.90. The lowest BCUT2D eigenvalue weighted by molar-refractivity contribution is -0.122. The molecule has 19 heavy (non-hydrogen) atoms. The predicted molar refractivity (Wildman–Crippen MR) is 82.0 cm³/mol. The van der Waals surface area contributed by atoms with Gasteiger partial charge in [-0.15, -0.1) is 12.4 Å². The third-order valence-corrected chi connectivity index (χ3v) is 3.90. The molecule has 1 fully saturated rings. The topological polar surface area (TPSA) is 41.1 Å². The molecule has 1 unspecified atom stereocenters. The van der Waals surface area contributed by atoms with Gasteiger partial charge in [0.05, 0.1) is 5.54 Å². The maximum absolute atomic E-state index is 12.3. The first-order valence-electron chi connectivity index (χ1n) is 6.85. The molecular weight excluding hydrogens is 260 g/mol. The van der Waals surface area contributed by atoms with Crippen LogP contribution in [-0.2, 0) is 11.2 Å². The van der Waals surface area contributed by atoms with Gasteiger partial charge in [-0.05, 0) is 49.9 Å². The van der Waals surface area contributed by atoms with Crippen LogP contribution in [0.1, 0.15) is 38.7 Å². The summed E-state index contributed by atoms with van der Waals surface area (Å²) in [5, 5.41) is 6.38. The quantitative estimate of drug-likeness (QED) is 0.891. The van der Waals surface area contributed by atoms with Gasteiger partial charge in [0.2, 0.25) is 5.91 Å². The Morgan fingerprint density at radius 3 is 2.47 bits per heavy atom. The van der Waals surface area contributed by atoms with Crippen LogP contribution in [0.15, 0.2) is 24.3 Å². The summed E-state index contributed by atoms with van der Waals surface area (Å²) in [6, 6.07) is 8.09. The van der Waals surface area contributed by atoms with Crippen LogP contribution in [0.25, 0.3) is 0 Å². The van der Waals surface area contributed by atoms with Gasteiger partial charge in [-0.25, -0.2) is 0 Å². The van der Waals surface area contributed by atoms with E-state index in [1.54, 1.807) is 0 Å². The van der Waals surface area contributed by atoms with Crippen molar-refractivity contribution in [3.05, 3.63) is 29.8 Å². The molecule has 1 aliphatic heterocycles. The summed E-state index contributed by atoms with van der Waals surface area (Å²) in [7, 11) is 0. The average Bonchev–Trinajstić information content (AvgIpc) is 2.89. The van der Waals surface area contributed by atoms with E-state index >= 15 is 0 Å². The number of benzene rings is 1. The Balaban J connectivity index is 0.00000180. The number of hydrogen-bond donors (Lipinski definition) is 2. The number of carbonyl (C=O) groups is 1. The van der Waals surface area contributed by atoms with Gasteiger partial charge >= 0.3 is 0 Å². The number of anilines is 1. The fourth-order valence-corrected chi connectivity index (χ4v) is 2.54. The molecule has 3 nitrogen and oxygen atoms in total. The molecule has 1 amide bonds. The van der Waals surface area contributed by atoms with Crippen LogP contribution in [0.5, 0.6) is 0 Å². The van der Waals surface area contributed by atoms with Crippen molar-refractivity contribution in [1.29, 1.82) is 0 Å². The Hall–Kier alpha value is -1.06. The molecule has 2 N–H and O–H groups in total. The maximum Gasteiger partial charge on any atom is 0.244 e. The Morgan fingerprint density at radius 1 is 1.32 bits per heavy atom. The summed E-state index contributed by atoms with van der Waals surface area (Å²) in [4.78, 5) is 12.3. The van der Waals surface area contributed by atoms with E-state index in [1.807, 2.05) is 12.1 Å². The molecule has 0 aromatic heterocycles. The zero-order valence-corrected chi connectivity index (χ0v) is 12.5. The minimum Gasteiger partial charge on any atom is -0.324 e. The summed E-state index contributed by atoms with van der Waals surface area (Å²) in [6.45, 7) is 5.14. The van der Waals surface area contributed by atoms with Crippen LogP contribution in [-0.4, -0.2) is 18.0 Å². The van der Waals surface area contributed by atoms with Gasteiger partial charge in [0.25, 0.3) is 0 Å². The highest BCUT2D eigenvalue weighted by Crippen LogP contribution is 2.25. The van der Waals surface area contributed by atoms with E-state index in [0.717, 1.165) is 37.9 Å². The summed E-state index contributed by atoms with van der Waals surface area (Å²) in [5.74, 6) is 0.103. The van der Waals surface area contributed by atoms with Gasteiger partial charge < -0.3 is 10.6 Å². The molecule has 1 saturated heterocycles.